The normalized spacial score (nSPS) is 11.2. The van der Waals surface area contributed by atoms with Gasteiger partial charge in [0.1, 0.15) is 0 Å². The molecular weight excluding hydrogens is 264 g/mol. The van der Waals surface area contributed by atoms with E-state index in [1.54, 1.807) is 33.0 Å². The lowest BCUT2D eigenvalue weighted by Crippen LogP contribution is -2.02. The second-order valence-corrected chi connectivity index (χ2v) is 4.90. The van der Waals surface area contributed by atoms with Crippen molar-refractivity contribution in [2.24, 2.45) is 7.05 Å². The quantitative estimate of drug-likeness (QED) is 0.594. The van der Waals surface area contributed by atoms with Crippen LogP contribution in [0.2, 0.25) is 0 Å². The van der Waals surface area contributed by atoms with Crippen LogP contribution in [0.25, 0.3) is 0 Å². The molecule has 2 rings (SSSR count). The fourth-order valence-corrected chi connectivity index (χ4v) is 2.36. The van der Waals surface area contributed by atoms with Crippen molar-refractivity contribution in [3.05, 3.63) is 35.7 Å². The zero-order valence-electron chi connectivity index (χ0n) is 11.1. The second-order valence-electron chi connectivity index (χ2n) is 3.86. The first-order valence-electron chi connectivity index (χ1n) is 5.74. The van der Waals surface area contributed by atoms with Gasteiger partial charge >= 0.3 is 0 Å². The molecule has 1 aromatic carbocycles. The zero-order valence-corrected chi connectivity index (χ0v) is 11.9. The number of ether oxygens (including phenoxy) is 2. The molecule has 0 amide bonds. The highest BCUT2D eigenvalue weighted by Crippen LogP contribution is 2.24. The van der Waals surface area contributed by atoms with E-state index >= 15 is 0 Å². The number of aromatic nitrogens is 4. The number of rotatable bonds is 6. The molecule has 1 heterocycles. The number of hydrogen-bond donors (Lipinski definition) is 0. The van der Waals surface area contributed by atoms with Crippen molar-refractivity contribution in [2.75, 3.05) is 14.2 Å². The molecule has 0 atom stereocenters. The summed E-state index contributed by atoms with van der Waals surface area (Å²) in [5.74, 6) is 1.42. The predicted octanol–water partition coefficient (Wildman–Crippen LogP) is 1.79. The molecule has 6 nitrogen and oxygen atoms in total. The van der Waals surface area contributed by atoms with Gasteiger partial charge in [0.15, 0.2) is 12.1 Å². The lowest BCUT2D eigenvalue weighted by molar-refractivity contribution is -0.106. The maximum absolute atomic E-state index is 5.20. The summed E-state index contributed by atoms with van der Waals surface area (Å²) >= 11 is 1.66. The van der Waals surface area contributed by atoms with Gasteiger partial charge < -0.3 is 9.47 Å². The van der Waals surface area contributed by atoms with Crippen molar-refractivity contribution in [3.8, 4) is 0 Å². The Morgan fingerprint density at radius 1 is 1.21 bits per heavy atom. The molecule has 0 radical (unpaired) electrons. The Morgan fingerprint density at radius 2 is 1.89 bits per heavy atom. The number of tetrazole rings is 1. The van der Waals surface area contributed by atoms with Crippen LogP contribution in [0.4, 0.5) is 0 Å². The van der Waals surface area contributed by atoms with Gasteiger partial charge in [-0.15, -0.1) is 22.0 Å². The average Bonchev–Trinajstić information content (AvgIpc) is 2.85. The summed E-state index contributed by atoms with van der Waals surface area (Å²) in [4.78, 5) is 2.60. The summed E-state index contributed by atoms with van der Waals surface area (Å²) in [6, 6.07) is 8.04. The monoisotopic (exact) mass is 280 g/mol. The van der Waals surface area contributed by atoms with Crippen molar-refractivity contribution in [3.63, 3.8) is 0 Å². The van der Waals surface area contributed by atoms with Crippen molar-refractivity contribution >= 4 is 11.8 Å². The van der Waals surface area contributed by atoms with Crippen LogP contribution in [0, 0.1) is 0 Å². The second kappa shape index (κ2) is 6.65. The highest BCUT2D eigenvalue weighted by atomic mass is 32.2. The van der Waals surface area contributed by atoms with Gasteiger partial charge in [0, 0.05) is 24.7 Å². The molecule has 0 fully saturated rings. The molecule has 2 aromatic rings. The Bertz CT molecular complexity index is 511. The molecule has 0 aliphatic carbocycles. The average molecular weight is 280 g/mol. The van der Waals surface area contributed by atoms with E-state index in [1.165, 1.54) is 4.80 Å². The Labute approximate surface area is 116 Å². The van der Waals surface area contributed by atoms with E-state index in [0.29, 0.717) is 5.75 Å². The van der Waals surface area contributed by atoms with Gasteiger partial charge in [0.2, 0.25) is 0 Å². The summed E-state index contributed by atoms with van der Waals surface area (Å²) in [6.45, 7) is 0. The minimum absolute atomic E-state index is 0.319. The molecule has 0 aliphatic rings. The number of nitrogens with zero attached hydrogens (tertiary/aromatic N) is 4. The van der Waals surface area contributed by atoms with Crippen molar-refractivity contribution < 1.29 is 9.47 Å². The van der Waals surface area contributed by atoms with Crippen LogP contribution in [0.1, 0.15) is 17.7 Å². The first-order chi connectivity index (χ1) is 9.22. The fourth-order valence-electron chi connectivity index (χ4n) is 1.62. The van der Waals surface area contributed by atoms with Crippen LogP contribution in [-0.4, -0.2) is 34.4 Å². The highest BCUT2D eigenvalue weighted by molar-refractivity contribution is 7.98. The summed E-state index contributed by atoms with van der Waals surface area (Å²) in [5, 5.41) is 11.9. The Hall–Kier alpha value is -1.44. The molecule has 7 heteroatoms. The first-order valence-corrected chi connectivity index (χ1v) is 6.72. The van der Waals surface area contributed by atoms with E-state index in [2.05, 4.69) is 15.4 Å². The first kappa shape index (κ1) is 14.0. The lowest BCUT2D eigenvalue weighted by Gasteiger charge is -2.13. The Kier molecular flexibility index (Phi) is 4.89. The van der Waals surface area contributed by atoms with E-state index in [1.807, 2.05) is 24.3 Å². The Morgan fingerprint density at radius 3 is 2.42 bits per heavy atom. The maximum atomic E-state index is 5.20. The van der Waals surface area contributed by atoms with Crippen molar-refractivity contribution in [2.45, 2.75) is 16.9 Å². The van der Waals surface area contributed by atoms with E-state index in [9.17, 15) is 0 Å². The topological polar surface area (TPSA) is 62.1 Å². The van der Waals surface area contributed by atoms with E-state index in [-0.39, 0.29) is 6.29 Å². The maximum Gasteiger partial charge on any atom is 0.184 e. The molecule has 0 unspecified atom stereocenters. The van der Waals surface area contributed by atoms with Gasteiger partial charge in [-0.2, -0.15) is 4.80 Å². The molecule has 19 heavy (non-hydrogen) atoms. The van der Waals surface area contributed by atoms with Crippen LogP contribution >= 0.6 is 11.8 Å². The lowest BCUT2D eigenvalue weighted by atomic mass is 10.2. The van der Waals surface area contributed by atoms with Crippen molar-refractivity contribution in [1.29, 1.82) is 0 Å². The van der Waals surface area contributed by atoms with Crippen molar-refractivity contribution in [1.82, 2.24) is 20.2 Å². The van der Waals surface area contributed by atoms with Gasteiger partial charge in [-0.05, 0) is 17.3 Å². The van der Waals surface area contributed by atoms with Gasteiger partial charge in [-0.1, -0.05) is 12.1 Å². The summed E-state index contributed by atoms with van der Waals surface area (Å²) in [6.07, 6.45) is -0.319. The molecular formula is C12H16N4O2S. The molecule has 0 saturated heterocycles. The zero-order chi connectivity index (χ0) is 13.7. The van der Waals surface area contributed by atoms with Gasteiger partial charge in [-0.25, -0.2) is 0 Å². The van der Waals surface area contributed by atoms with E-state index < -0.39 is 0 Å². The third-order valence-electron chi connectivity index (χ3n) is 2.50. The molecule has 0 N–H and O–H groups in total. The number of hydrogen-bond acceptors (Lipinski definition) is 6. The highest BCUT2D eigenvalue weighted by Gasteiger charge is 2.08. The van der Waals surface area contributed by atoms with Crippen LogP contribution in [-0.2, 0) is 22.3 Å². The van der Waals surface area contributed by atoms with Gasteiger partial charge in [0.25, 0.3) is 0 Å². The fraction of sp³-hybridized carbons (Fsp3) is 0.417. The number of aryl methyl sites for hydroxylation is 1. The number of methoxy groups -OCH3 is 2. The smallest absolute Gasteiger partial charge is 0.184 e. The number of thioether (sulfide) groups is 1. The summed E-state index contributed by atoms with van der Waals surface area (Å²) < 4.78 is 10.4. The number of benzene rings is 1. The molecule has 102 valence electrons. The molecule has 0 aliphatic heterocycles. The van der Waals surface area contributed by atoms with Gasteiger partial charge in [-0.3, -0.25) is 0 Å². The molecule has 0 saturated carbocycles. The minimum atomic E-state index is -0.319. The van der Waals surface area contributed by atoms with Gasteiger partial charge in [0.05, 0.1) is 12.8 Å². The summed E-state index contributed by atoms with van der Waals surface area (Å²) in [5.41, 5.74) is 0.993. The molecule has 0 spiro atoms. The molecule has 1 aromatic heterocycles. The standard InChI is InChI=1S/C12H16N4O2S/c1-16-14-11(13-15-16)8-19-10-6-4-9(5-7-10)12(17-2)18-3/h4-7,12H,8H2,1-3H3. The SMILES string of the molecule is COC(OC)c1ccc(SCc2nnn(C)n2)cc1. The predicted molar refractivity (Wildman–Crippen MR) is 71.6 cm³/mol. The van der Waals surface area contributed by atoms with E-state index in [0.717, 1.165) is 16.3 Å². The van der Waals surface area contributed by atoms with Crippen LogP contribution in [0.5, 0.6) is 0 Å². The third kappa shape index (κ3) is 3.76. The van der Waals surface area contributed by atoms with Crippen LogP contribution < -0.4 is 0 Å². The minimum Gasteiger partial charge on any atom is -0.352 e. The summed E-state index contributed by atoms with van der Waals surface area (Å²) in [7, 11) is 5.00. The van der Waals surface area contributed by atoms with Crippen LogP contribution in [0.3, 0.4) is 0 Å². The third-order valence-corrected chi connectivity index (χ3v) is 3.51. The molecule has 0 bridgehead atoms. The largest absolute Gasteiger partial charge is 0.352 e. The van der Waals surface area contributed by atoms with E-state index in [4.69, 9.17) is 9.47 Å². The Balaban J connectivity index is 1.95. The van der Waals surface area contributed by atoms with Crippen LogP contribution in [0.15, 0.2) is 29.2 Å².